The minimum absolute atomic E-state index is 0.569. The Morgan fingerprint density at radius 2 is 2.29 bits per heavy atom. The van der Waals surface area contributed by atoms with Crippen LogP contribution in [0.15, 0.2) is 0 Å². The molecule has 0 aromatic heterocycles. The maximum Gasteiger partial charge on any atom is 0.166 e. The van der Waals surface area contributed by atoms with Gasteiger partial charge in [-0.05, 0) is 51.1 Å². The van der Waals surface area contributed by atoms with Crippen LogP contribution in [0.4, 0.5) is 0 Å². The molecule has 0 spiro atoms. The van der Waals surface area contributed by atoms with Crippen LogP contribution in [0.2, 0.25) is 0 Å². The fraction of sp³-hybridized carbons (Fsp3) is 0.917. The van der Waals surface area contributed by atoms with Gasteiger partial charge in [0.1, 0.15) is 0 Å². The van der Waals surface area contributed by atoms with Gasteiger partial charge in [-0.2, -0.15) is 11.8 Å². The lowest BCUT2D eigenvalue weighted by Gasteiger charge is -2.16. The first kappa shape index (κ1) is 15.1. The van der Waals surface area contributed by atoms with Crippen LogP contribution in [0, 0.1) is 0 Å². The minimum atomic E-state index is 0.569. The molecule has 17 heavy (non-hydrogen) atoms. The number of thioether (sulfide) groups is 1. The second-order valence-electron chi connectivity index (χ2n) is 4.32. The molecule has 2 atom stereocenters. The van der Waals surface area contributed by atoms with E-state index in [4.69, 9.17) is 17.0 Å². The molecular formula is C12H24N2OS2. The van der Waals surface area contributed by atoms with E-state index in [2.05, 4.69) is 16.9 Å². The molecule has 1 aliphatic carbocycles. The predicted molar refractivity (Wildman–Crippen MR) is 79.8 cm³/mol. The van der Waals surface area contributed by atoms with Crippen LogP contribution in [0.3, 0.4) is 0 Å². The van der Waals surface area contributed by atoms with Crippen molar-refractivity contribution in [3.8, 4) is 0 Å². The van der Waals surface area contributed by atoms with E-state index in [0.717, 1.165) is 36.5 Å². The summed E-state index contributed by atoms with van der Waals surface area (Å²) >= 11 is 7.24. The first-order valence-electron chi connectivity index (χ1n) is 6.41. The van der Waals surface area contributed by atoms with E-state index < -0.39 is 0 Å². The Bertz CT molecular complexity index is 227. The van der Waals surface area contributed by atoms with Crippen molar-refractivity contribution in [1.82, 2.24) is 10.6 Å². The number of hydrogen-bond acceptors (Lipinski definition) is 3. The molecule has 0 radical (unpaired) electrons. The number of hydrogen-bond donors (Lipinski definition) is 2. The molecule has 5 heteroatoms. The Morgan fingerprint density at radius 3 is 2.94 bits per heavy atom. The Kier molecular flexibility index (Phi) is 7.97. The van der Waals surface area contributed by atoms with E-state index in [1.807, 2.05) is 18.7 Å². The van der Waals surface area contributed by atoms with Gasteiger partial charge < -0.3 is 15.4 Å². The lowest BCUT2D eigenvalue weighted by molar-refractivity contribution is 0.145. The lowest BCUT2D eigenvalue weighted by Crippen LogP contribution is -2.41. The molecule has 0 aromatic carbocycles. The van der Waals surface area contributed by atoms with Gasteiger partial charge in [-0.3, -0.25) is 0 Å². The van der Waals surface area contributed by atoms with Crippen molar-refractivity contribution in [2.75, 3.05) is 26.0 Å². The molecule has 0 saturated heterocycles. The van der Waals surface area contributed by atoms with Crippen LogP contribution >= 0.6 is 24.0 Å². The molecule has 3 nitrogen and oxygen atoms in total. The Morgan fingerprint density at radius 1 is 1.47 bits per heavy atom. The third kappa shape index (κ3) is 6.48. The molecule has 1 aliphatic rings. The molecule has 0 heterocycles. The Labute approximate surface area is 114 Å². The molecule has 0 aliphatic heterocycles. The van der Waals surface area contributed by atoms with Crippen molar-refractivity contribution in [2.45, 2.75) is 43.9 Å². The number of thiocarbonyl (C=S) groups is 1. The van der Waals surface area contributed by atoms with Crippen molar-refractivity contribution in [1.29, 1.82) is 0 Å². The summed E-state index contributed by atoms with van der Waals surface area (Å²) in [5, 5.41) is 8.25. The maximum absolute atomic E-state index is 5.27. The SMILES string of the molecule is CCOCCCNC(=S)NC1CCC(SC)C1. The quantitative estimate of drug-likeness (QED) is 0.550. The van der Waals surface area contributed by atoms with Gasteiger partial charge >= 0.3 is 0 Å². The van der Waals surface area contributed by atoms with E-state index in [0.29, 0.717) is 6.04 Å². The van der Waals surface area contributed by atoms with Gasteiger partial charge in [0.15, 0.2) is 5.11 Å². The molecule has 2 N–H and O–H groups in total. The molecule has 0 aromatic rings. The van der Waals surface area contributed by atoms with Crippen LogP contribution in [0.1, 0.15) is 32.6 Å². The standard InChI is InChI=1S/C12H24N2OS2/c1-3-15-8-4-7-13-12(16)14-10-5-6-11(9-10)17-2/h10-11H,3-9H2,1-2H3,(H2,13,14,16). The van der Waals surface area contributed by atoms with Gasteiger partial charge in [-0.15, -0.1) is 0 Å². The van der Waals surface area contributed by atoms with Crippen molar-refractivity contribution >= 4 is 29.1 Å². The van der Waals surface area contributed by atoms with Crippen molar-refractivity contribution in [3.63, 3.8) is 0 Å². The molecule has 1 fully saturated rings. The highest BCUT2D eigenvalue weighted by Gasteiger charge is 2.23. The fourth-order valence-corrected chi connectivity index (χ4v) is 3.11. The maximum atomic E-state index is 5.27. The summed E-state index contributed by atoms with van der Waals surface area (Å²) in [6.45, 7) is 4.51. The summed E-state index contributed by atoms with van der Waals surface area (Å²) < 4.78 is 5.27. The first-order valence-corrected chi connectivity index (χ1v) is 8.10. The predicted octanol–water partition coefficient (Wildman–Crippen LogP) is 2.16. The van der Waals surface area contributed by atoms with Gasteiger partial charge in [-0.25, -0.2) is 0 Å². The number of rotatable bonds is 7. The first-order chi connectivity index (χ1) is 8.26. The zero-order valence-corrected chi connectivity index (χ0v) is 12.5. The summed E-state index contributed by atoms with van der Waals surface area (Å²) in [5.41, 5.74) is 0. The molecular weight excluding hydrogens is 252 g/mol. The normalized spacial score (nSPS) is 23.6. The van der Waals surface area contributed by atoms with E-state index in [9.17, 15) is 0 Å². The van der Waals surface area contributed by atoms with Crippen molar-refractivity contribution in [3.05, 3.63) is 0 Å². The Balaban J connectivity index is 2.01. The van der Waals surface area contributed by atoms with Crippen LogP contribution < -0.4 is 10.6 Å². The number of ether oxygens (including phenoxy) is 1. The molecule has 100 valence electrons. The van der Waals surface area contributed by atoms with Gasteiger partial charge in [-0.1, -0.05) is 0 Å². The monoisotopic (exact) mass is 276 g/mol. The summed E-state index contributed by atoms with van der Waals surface area (Å²) in [6, 6.07) is 0.569. The second kappa shape index (κ2) is 9.00. The fourth-order valence-electron chi connectivity index (χ4n) is 2.04. The average molecular weight is 276 g/mol. The van der Waals surface area contributed by atoms with Crippen LogP contribution in [0.5, 0.6) is 0 Å². The van der Waals surface area contributed by atoms with Crippen LogP contribution in [0.25, 0.3) is 0 Å². The Hall–Kier alpha value is 0. The van der Waals surface area contributed by atoms with Gasteiger partial charge in [0, 0.05) is 31.1 Å². The summed E-state index contributed by atoms with van der Waals surface area (Å²) in [4.78, 5) is 0. The summed E-state index contributed by atoms with van der Waals surface area (Å²) in [7, 11) is 0. The third-order valence-electron chi connectivity index (χ3n) is 3.01. The number of nitrogens with one attached hydrogen (secondary N) is 2. The zero-order chi connectivity index (χ0) is 12.5. The molecule has 2 unspecified atom stereocenters. The zero-order valence-electron chi connectivity index (χ0n) is 10.8. The molecule has 1 rings (SSSR count). The largest absolute Gasteiger partial charge is 0.382 e. The van der Waals surface area contributed by atoms with Crippen molar-refractivity contribution in [2.24, 2.45) is 0 Å². The second-order valence-corrected chi connectivity index (χ2v) is 5.86. The smallest absolute Gasteiger partial charge is 0.166 e. The average Bonchev–Trinajstić information content (AvgIpc) is 2.76. The molecule has 0 amide bonds. The van der Waals surface area contributed by atoms with Crippen LogP contribution in [-0.2, 0) is 4.74 Å². The van der Waals surface area contributed by atoms with E-state index in [-0.39, 0.29) is 0 Å². The summed E-state index contributed by atoms with van der Waals surface area (Å²) in [5.74, 6) is 0. The minimum Gasteiger partial charge on any atom is -0.382 e. The van der Waals surface area contributed by atoms with Crippen LogP contribution in [-0.4, -0.2) is 42.4 Å². The van der Waals surface area contributed by atoms with E-state index in [1.165, 1.54) is 19.3 Å². The van der Waals surface area contributed by atoms with Gasteiger partial charge in [0.05, 0.1) is 0 Å². The highest BCUT2D eigenvalue weighted by Crippen LogP contribution is 2.27. The topological polar surface area (TPSA) is 33.3 Å². The van der Waals surface area contributed by atoms with E-state index >= 15 is 0 Å². The third-order valence-corrected chi connectivity index (χ3v) is 4.37. The lowest BCUT2D eigenvalue weighted by atomic mass is 10.2. The van der Waals surface area contributed by atoms with Gasteiger partial charge in [0.2, 0.25) is 0 Å². The summed E-state index contributed by atoms with van der Waals surface area (Å²) in [6.07, 6.45) is 6.99. The highest BCUT2D eigenvalue weighted by atomic mass is 32.2. The molecule has 1 saturated carbocycles. The van der Waals surface area contributed by atoms with Crippen molar-refractivity contribution < 1.29 is 4.74 Å². The molecule has 0 bridgehead atoms. The van der Waals surface area contributed by atoms with Gasteiger partial charge in [0.25, 0.3) is 0 Å². The highest BCUT2D eigenvalue weighted by molar-refractivity contribution is 7.99. The van der Waals surface area contributed by atoms with E-state index in [1.54, 1.807) is 0 Å².